The van der Waals surface area contributed by atoms with Gasteiger partial charge in [-0.3, -0.25) is 4.79 Å². The van der Waals surface area contributed by atoms with E-state index in [1.165, 1.54) is 0 Å². The van der Waals surface area contributed by atoms with E-state index in [-0.39, 0.29) is 17.1 Å². The van der Waals surface area contributed by atoms with Crippen molar-refractivity contribution in [2.45, 2.75) is 11.3 Å². The fourth-order valence-electron chi connectivity index (χ4n) is 7.69. The number of aryl methyl sites for hydroxylation is 1. The number of nitrogens with one attached hydrogen (secondary N) is 1. The predicted molar refractivity (Wildman–Crippen MR) is 85.4 cm³/mol. The van der Waals surface area contributed by atoms with Gasteiger partial charge in [-0.25, -0.2) is 8.42 Å². The highest BCUT2D eigenvalue weighted by Gasteiger charge is 3.06. The SMILES string of the molecule is O=C(Nc1ccc2c(c1Br)S(=O)(=O)CC2)C12C3C4C5C3C1C5C42. The summed E-state index contributed by atoms with van der Waals surface area (Å²) in [5.74, 6) is 5.87. The van der Waals surface area contributed by atoms with Crippen molar-refractivity contribution in [3.63, 3.8) is 0 Å². The smallest absolute Gasteiger partial charge is 0.231 e. The molecule has 1 N–H and O–H groups in total. The summed E-state index contributed by atoms with van der Waals surface area (Å²) >= 11 is 3.43. The van der Waals surface area contributed by atoms with Gasteiger partial charge >= 0.3 is 0 Å². The molecule has 0 saturated heterocycles. The molecule has 8 rings (SSSR count). The molecule has 0 radical (unpaired) electrons. The zero-order valence-corrected chi connectivity index (χ0v) is 14.5. The third-order valence-corrected chi connectivity index (χ3v) is 11.2. The van der Waals surface area contributed by atoms with E-state index in [1.807, 2.05) is 12.1 Å². The van der Waals surface area contributed by atoms with Crippen LogP contribution in [0.3, 0.4) is 0 Å². The molecule has 0 atom stereocenters. The summed E-state index contributed by atoms with van der Waals surface area (Å²) in [7, 11) is -3.22. The second-order valence-corrected chi connectivity index (χ2v) is 11.1. The van der Waals surface area contributed by atoms with E-state index in [2.05, 4.69) is 21.2 Å². The topological polar surface area (TPSA) is 63.2 Å². The van der Waals surface area contributed by atoms with Crippen molar-refractivity contribution in [1.29, 1.82) is 0 Å². The standard InChI is InChI=1S/C17H14BrNO3S/c18-14-6(2-1-5-3-4-23(21,22)15(5)14)19-16(20)17-11-8-7-9(11)13(17)10(7)12(8)17/h1-2,7-13H,3-4H2,(H,19,20). The Morgan fingerprint density at radius 3 is 2.43 bits per heavy atom. The largest absolute Gasteiger partial charge is 0.325 e. The number of benzene rings is 1. The van der Waals surface area contributed by atoms with Crippen LogP contribution in [0.4, 0.5) is 5.69 Å². The van der Waals surface area contributed by atoms with Gasteiger partial charge in [0.05, 0.1) is 26.2 Å². The molecule has 118 valence electrons. The second-order valence-electron chi connectivity index (χ2n) is 8.26. The second kappa shape index (κ2) is 3.15. The lowest BCUT2D eigenvalue weighted by Crippen LogP contribution is -3.06. The molecule has 23 heavy (non-hydrogen) atoms. The number of halogens is 1. The van der Waals surface area contributed by atoms with Crippen LogP contribution in [0.15, 0.2) is 21.5 Å². The Hall–Kier alpha value is -0.880. The molecule has 1 amide bonds. The molecule has 6 heteroatoms. The Labute approximate surface area is 142 Å². The van der Waals surface area contributed by atoms with Gasteiger partial charge in [-0.2, -0.15) is 0 Å². The predicted octanol–water partition coefficient (Wildman–Crippen LogP) is 2.09. The van der Waals surface area contributed by atoms with Gasteiger partial charge in [0.15, 0.2) is 9.84 Å². The fraction of sp³-hybridized carbons (Fsp3) is 0.588. The summed E-state index contributed by atoms with van der Waals surface area (Å²) in [4.78, 5) is 13.3. The third kappa shape index (κ3) is 0.910. The average molecular weight is 392 g/mol. The Balaban J connectivity index is 1.26. The van der Waals surface area contributed by atoms with Crippen molar-refractivity contribution < 1.29 is 13.2 Å². The van der Waals surface area contributed by atoms with Crippen LogP contribution in [0.25, 0.3) is 0 Å². The molecule has 1 aliphatic heterocycles. The lowest BCUT2D eigenvalue weighted by atomic mass is 8.96. The van der Waals surface area contributed by atoms with Crippen molar-refractivity contribution in [2.24, 2.45) is 46.8 Å². The molecule has 1 heterocycles. The van der Waals surface area contributed by atoms with Crippen LogP contribution in [0.2, 0.25) is 0 Å². The number of hydrogen-bond acceptors (Lipinski definition) is 3. The van der Waals surface area contributed by atoms with Crippen LogP contribution >= 0.6 is 15.9 Å². The maximum atomic E-state index is 12.9. The van der Waals surface area contributed by atoms with Crippen molar-refractivity contribution in [1.82, 2.24) is 0 Å². The van der Waals surface area contributed by atoms with Crippen LogP contribution in [0.5, 0.6) is 0 Å². The Kier molecular flexibility index (Phi) is 1.71. The number of sulfone groups is 1. The molecule has 4 nitrogen and oxygen atoms in total. The number of fused-ring (bicyclic) bond motifs is 1. The van der Waals surface area contributed by atoms with Crippen LogP contribution < -0.4 is 5.32 Å². The number of anilines is 1. The monoisotopic (exact) mass is 391 g/mol. The highest BCUT2D eigenvalue weighted by Crippen LogP contribution is 3.05. The van der Waals surface area contributed by atoms with Gasteiger partial charge in [0, 0.05) is 0 Å². The van der Waals surface area contributed by atoms with Crippen LogP contribution in [-0.2, 0) is 21.1 Å². The summed E-state index contributed by atoms with van der Waals surface area (Å²) in [5.41, 5.74) is 1.41. The van der Waals surface area contributed by atoms with E-state index < -0.39 is 9.84 Å². The van der Waals surface area contributed by atoms with E-state index in [4.69, 9.17) is 0 Å². The first-order chi connectivity index (χ1) is 11.0. The maximum Gasteiger partial charge on any atom is 0.231 e. The van der Waals surface area contributed by atoms with Crippen molar-refractivity contribution in [3.8, 4) is 0 Å². The van der Waals surface area contributed by atoms with Gasteiger partial charge in [-0.05, 0) is 75.4 Å². The molecular formula is C17H14BrNO3S. The van der Waals surface area contributed by atoms with Gasteiger partial charge in [-0.15, -0.1) is 0 Å². The highest BCUT2D eigenvalue weighted by molar-refractivity contribution is 9.10. The normalized spacial score (nSPS) is 52.8. The van der Waals surface area contributed by atoms with E-state index in [9.17, 15) is 13.2 Å². The molecule has 1 aromatic rings. The van der Waals surface area contributed by atoms with E-state index in [0.717, 1.165) is 29.2 Å². The molecule has 7 aliphatic rings. The highest BCUT2D eigenvalue weighted by atomic mass is 79.9. The molecule has 6 aliphatic carbocycles. The fourth-order valence-corrected chi connectivity index (χ4v) is 10.6. The molecule has 0 aromatic heterocycles. The Morgan fingerprint density at radius 1 is 1.13 bits per heavy atom. The van der Waals surface area contributed by atoms with Gasteiger partial charge in [0.2, 0.25) is 5.91 Å². The molecule has 0 bridgehead atoms. The summed E-state index contributed by atoms with van der Waals surface area (Å²) in [6.07, 6.45) is 0.563. The Morgan fingerprint density at radius 2 is 1.78 bits per heavy atom. The molecule has 0 spiro atoms. The minimum atomic E-state index is -3.22. The van der Waals surface area contributed by atoms with Gasteiger partial charge in [-0.1, -0.05) is 6.07 Å². The first-order valence-corrected chi connectivity index (χ1v) is 10.8. The van der Waals surface area contributed by atoms with Crippen molar-refractivity contribution in [2.75, 3.05) is 11.1 Å². The van der Waals surface area contributed by atoms with E-state index in [0.29, 0.717) is 39.2 Å². The lowest BCUT2D eigenvalue weighted by molar-refractivity contribution is -0.595. The summed E-state index contributed by atoms with van der Waals surface area (Å²) in [6, 6.07) is 3.70. The average Bonchev–Trinajstić information content (AvgIpc) is 2.86. The number of carbonyl (C=O) groups excluding carboxylic acids is 1. The summed E-state index contributed by atoms with van der Waals surface area (Å²) < 4.78 is 25.0. The van der Waals surface area contributed by atoms with Crippen molar-refractivity contribution >= 4 is 37.4 Å². The van der Waals surface area contributed by atoms with Crippen molar-refractivity contribution in [3.05, 3.63) is 22.2 Å². The minimum absolute atomic E-state index is 0.0634. The first-order valence-electron chi connectivity index (χ1n) is 8.35. The van der Waals surface area contributed by atoms with Crippen LogP contribution in [-0.4, -0.2) is 20.1 Å². The van der Waals surface area contributed by atoms with Gasteiger partial charge in [0.1, 0.15) is 0 Å². The zero-order valence-electron chi connectivity index (χ0n) is 12.1. The molecule has 0 unspecified atom stereocenters. The number of amides is 1. The quantitative estimate of drug-likeness (QED) is 0.839. The molecule has 1 aromatic carbocycles. The van der Waals surface area contributed by atoms with E-state index >= 15 is 0 Å². The Bertz CT molecular complexity index is 918. The van der Waals surface area contributed by atoms with Crippen LogP contribution in [0, 0.1) is 46.8 Å². The third-order valence-electron chi connectivity index (χ3n) is 8.25. The maximum absolute atomic E-state index is 12.9. The number of rotatable bonds is 2. The molecular weight excluding hydrogens is 378 g/mol. The number of carbonyl (C=O) groups is 1. The first kappa shape index (κ1) is 12.5. The molecule has 6 saturated carbocycles. The zero-order chi connectivity index (χ0) is 15.5. The molecule has 6 fully saturated rings. The summed E-state index contributed by atoms with van der Waals surface area (Å²) in [5, 5.41) is 3.06. The van der Waals surface area contributed by atoms with Crippen LogP contribution in [0.1, 0.15) is 5.56 Å². The van der Waals surface area contributed by atoms with E-state index in [1.54, 1.807) is 0 Å². The minimum Gasteiger partial charge on any atom is -0.325 e. The summed E-state index contributed by atoms with van der Waals surface area (Å²) in [6.45, 7) is 0. The lowest BCUT2D eigenvalue weighted by Gasteiger charge is -3.06. The van der Waals surface area contributed by atoms with Gasteiger partial charge < -0.3 is 5.32 Å². The number of hydrogen-bond donors (Lipinski definition) is 1. The van der Waals surface area contributed by atoms with Gasteiger partial charge in [0.25, 0.3) is 0 Å².